The zero-order chi connectivity index (χ0) is 18.3. The number of anilines is 1. The molecule has 136 valence electrons. The lowest BCUT2D eigenvalue weighted by Crippen LogP contribution is -2.45. The molecule has 1 fully saturated rings. The van der Waals surface area contributed by atoms with Crippen molar-refractivity contribution < 1.29 is 14.6 Å². The minimum absolute atomic E-state index is 0.0162. The lowest BCUT2D eigenvalue weighted by Gasteiger charge is -2.32. The summed E-state index contributed by atoms with van der Waals surface area (Å²) in [6.45, 7) is 0. The number of H-pyrrole nitrogens is 1. The highest BCUT2D eigenvalue weighted by Gasteiger charge is 2.31. The molecule has 0 spiro atoms. The second kappa shape index (κ2) is 6.79. The maximum Gasteiger partial charge on any atom is 0.183 e. The Balaban J connectivity index is 1.68. The van der Waals surface area contributed by atoms with Crippen molar-refractivity contribution in [2.75, 3.05) is 5.32 Å². The van der Waals surface area contributed by atoms with Crippen molar-refractivity contribution in [1.29, 1.82) is 0 Å². The molecular weight excluding hydrogens is 361 g/mol. The monoisotopic (exact) mass is 377 g/mol. The molecule has 4 N–H and O–H groups in total. The van der Waals surface area contributed by atoms with Crippen LogP contribution in [0.3, 0.4) is 0 Å². The Morgan fingerprint density at radius 3 is 2.92 bits per heavy atom. The van der Waals surface area contributed by atoms with Gasteiger partial charge in [-0.1, -0.05) is 11.6 Å². The number of halogens is 2. The first-order chi connectivity index (χ1) is 12.5. The van der Waals surface area contributed by atoms with Crippen LogP contribution in [0.5, 0.6) is 0 Å². The van der Waals surface area contributed by atoms with Gasteiger partial charge in [0.05, 0.1) is 29.5 Å². The molecule has 3 atom stereocenters. The zero-order valence-corrected chi connectivity index (χ0v) is 14.4. The summed E-state index contributed by atoms with van der Waals surface area (Å²) in [5.74, 6) is -0.343. The van der Waals surface area contributed by atoms with Crippen molar-refractivity contribution in [2.24, 2.45) is 0 Å². The average molecular weight is 378 g/mol. The third kappa shape index (κ3) is 3.11. The van der Waals surface area contributed by atoms with Gasteiger partial charge in [0.25, 0.3) is 0 Å². The van der Waals surface area contributed by atoms with Crippen LogP contribution in [0.2, 0.25) is 5.02 Å². The highest BCUT2D eigenvalue weighted by atomic mass is 35.5. The number of hydrogen-bond donors (Lipinski definition) is 4. The van der Waals surface area contributed by atoms with Crippen LogP contribution in [0.4, 0.5) is 10.2 Å². The molecule has 0 bridgehead atoms. The Morgan fingerprint density at radius 1 is 1.23 bits per heavy atom. The van der Waals surface area contributed by atoms with Crippen LogP contribution >= 0.6 is 11.6 Å². The van der Waals surface area contributed by atoms with Crippen LogP contribution in [-0.4, -0.2) is 48.4 Å². The molecule has 0 aromatic carbocycles. The number of aliphatic hydroxyl groups excluding tert-OH is 2. The molecule has 26 heavy (non-hydrogen) atoms. The van der Waals surface area contributed by atoms with E-state index >= 15 is 0 Å². The van der Waals surface area contributed by atoms with Gasteiger partial charge in [0.15, 0.2) is 17.5 Å². The first-order valence-electron chi connectivity index (χ1n) is 8.31. The van der Waals surface area contributed by atoms with Gasteiger partial charge in [-0.2, -0.15) is 0 Å². The van der Waals surface area contributed by atoms with Gasteiger partial charge in [0.1, 0.15) is 5.65 Å². The predicted octanol–water partition coefficient (Wildman–Crippen LogP) is 2.50. The summed E-state index contributed by atoms with van der Waals surface area (Å²) in [6.07, 6.45) is 4.37. The normalized spacial score (nSPS) is 23.3. The van der Waals surface area contributed by atoms with Crippen molar-refractivity contribution >= 4 is 28.5 Å². The fourth-order valence-corrected chi connectivity index (χ4v) is 3.41. The van der Waals surface area contributed by atoms with Crippen LogP contribution in [0.25, 0.3) is 22.4 Å². The van der Waals surface area contributed by atoms with Crippen molar-refractivity contribution in [3.8, 4) is 11.4 Å². The van der Waals surface area contributed by atoms with Crippen molar-refractivity contribution in [3.63, 3.8) is 0 Å². The fraction of sp³-hybridized carbons (Fsp3) is 0.353. The summed E-state index contributed by atoms with van der Waals surface area (Å²) in [5.41, 5.74) is 1.26. The molecule has 0 unspecified atom stereocenters. The number of aromatic nitrogens is 4. The molecule has 3 aromatic heterocycles. The number of nitrogens with one attached hydrogen (secondary N) is 2. The maximum atomic E-state index is 14.2. The first kappa shape index (κ1) is 17.1. The largest absolute Gasteiger partial charge is 0.390 e. The van der Waals surface area contributed by atoms with E-state index in [9.17, 15) is 14.6 Å². The molecule has 1 saturated carbocycles. The topological polar surface area (TPSA) is 107 Å². The SMILES string of the molecule is O[C@H]1[C@H](O)CCC[C@@H]1Nc1nc(-c2c[nH]c3ncc(Cl)cc23)ncc1F. The van der Waals surface area contributed by atoms with Crippen LogP contribution in [0, 0.1) is 5.82 Å². The number of fused-ring (bicyclic) bond motifs is 1. The molecular formula is C17H17ClFN5O2. The maximum absolute atomic E-state index is 14.2. The summed E-state index contributed by atoms with van der Waals surface area (Å²) in [6, 6.07) is 1.26. The Hall–Kier alpha value is -2.29. The van der Waals surface area contributed by atoms with E-state index in [-0.39, 0.29) is 5.82 Å². The average Bonchev–Trinajstić information content (AvgIpc) is 3.04. The summed E-state index contributed by atoms with van der Waals surface area (Å²) >= 11 is 6.01. The molecule has 0 saturated heterocycles. The van der Waals surface area contributed by atoms with E-state index in [1.54, 1.807) is 12.3 Å². The van der Waals surface area contributed by atoms with Gasteiger partial charge < -0.3 is 20.5 Å². The Kier molecular flexibility index (Phi) is 4.47. The van der Waals surface area contributed by atoms with Crippen LogP contribution in [-0.2, 0) is 0 Å². The lowest BCUT2D eigenvalue weighted by molar-refractivity contribution is -0.0162. The molecule has 4 rings (SSSR count). The molecule has 3 heterocycles. The minimum atomic E-state index is -0.974. The molecule has 3 aromatic rings. The number of aromatic amines is 1. The summed E-state index contributed by atoms with van der Waals surface area (Å²) in [7, 11) is 0. The molecule has 7 nitrogen and oxygen atoms in total. The number of pyridine rings is 1. The quantitative estimate of drug-likeness (QED) is 0.558. The van der Waals surface area contributed by atoms with Crippen LogP contribution < -0.4 is 5.32 Å². The Bertz CT molecular complexity index is 950. The fourth-order valence-electron chi connectivity index (χ4n) is 3.25. The predicted molar refractivity (Wildman–Crippen MR) is 95.4 cm³/mol. The van der Waals surface area contributed by atoms with Gasteiger partial charge in [-0.05, 0) is 25.3 Å². The van der Waals surface area contributed by atoms with Gasteiger partial charge in [0.2, 0.25) is 0 Å². The smallest absolute Gasteiger partial charge is 0.183 e. The highest BCUT2D eigenvalue weighted by Crippen LogP contribution is 2.29. The second-order valence-electron chi connectivity index (χ2n) is 6.38. The van der Waals surface area contributed by atoms with Gasteiger partial charge in [-0.25, -0.2) is 19.3 Å². The van der Waals surface area contributed by atoms with E-state index in [1.807, 2.05) is 0 Å². The van der Waals surface area contributed by atoms with Crippen LogP contribution in [0.15, 0.2) is 24.7 Å². The highest BCUT2D eigenvalue weighted by molar-refractivity contribution is 6.31. The minimum Gasteiger partial charge on any atom is -0.390 e. The van der Waals surface area contributed by atoms with Crippen molar-refractivity contribution in [2.45, 2.75) is 37.5 Å². The van der Waals surface area contributed by atoms with E-state index < -0.39 is 24.1 Å². The molecule has 1 aliphatic rings. The molecule has 0 aliphatic heterocycles. The summed E-state index contributed by atoms with van der Waals surface area (Å²) < 4.78 is 14.2. The van der Waals surface area contributed by atoms with Gasteiger partial charge in [-0.3, -0.25) is 0 Å². The number of rotatable bonds is 3. The summed E-state index contributed by atoms with van der Waals surface area (Å²) in [5, 5.41) is 24.0. The molecule has 0 amide bonds. The molecule has 9 heteroatoms. The van der Waals surface area contributed by atoms with Gasteiger partial charge >= 0.3 is 0 Å². The first-order valence-corrected chi connectivity index (χ1v) is 8.69. The van der Waals surface area contributed by atoms with Gasteiger partial charge in [-0.15, -0.1) is 0 Å². The Morgan fingerprint density at radius 2 is 2.08 bits per heavy atom. The standard InChI is InChI=1S/C17H17ClFN5O2/c18-8-4-9-10(6-21-15(9)20-5-8)16-22-7-11(19)17(24-16)23-12-2-1-3-13(25)14(12)26/h4-7,12-14,25-26H,1-3H2,(H,20,21)(H,22,23,24)/t12-,13+,14+/m0/s1. The summed E-state index contributed by atoms with van der Waals surface area (Å²) in [4.78, 5) is 15.5. The zero-order valence-electron chi connectivity index (χ0n) is 13.7. The third-order valence-corrected chi connectivity index (χ3v) is 4.83. The van der Waals surface area contributed by atoms with E-state index in [0.29, 0.717) is 34.9 Å². The van der Waals surface area contributed by atoms with E-state index in [0.717, 1.165) is 18.0 Å². The van der Waals surface area contributed by atoms with Crippen molar-refractivity contribution in [3.05, 3.63) is 35.5 Å². The Labute approximate surface area is 153 Å². The number of aliphatic hydroxyl groups is 2. The van der Waals surface area contributed by atoms with E-state index in [1.165, 1.54) is 6.20 Å². The lowest BCUT2D eigenvalue weighted by atomic mass is 9.90. The van der Waals surface area contributed by atoms with Gasteiger partial charge in [0, 0.05) is 23.3 Å². The van der Waals surface area contributed by atoms with E-state index in [2.05, 4.69) is 25.3 Å². The van der Waals surface area contributed by atoms with E-state index in [4.69, 9.17) is 11.6 Å². The third-order valence-electron chi connectivity index (χ3n) is 4.63. The number of nitrogens with zero attached hydrogens (tertiary/aromatic N) is 3. The van der Waals surface area contributed by atoms with Crippen molar-refractivity contribution in [1.82, 2.24) is 19.9 Å². The molecule has 0 radical (unpaired) electrons. The number of hydrogen-bond acceptors (Lipinski definition) is 6. The second-order valence-corrected chi connectivity index (χ2v) is 6.82. The van der Waals surface area contributed by atoms with Crippen LogP contribution in [0.1, 0.15) is 19.3 Å². The molecule has 1 aliphatic carbocycles.